The van der Waals surface area contributed by atoms with Crippen molar-refractivity contribution in [2.75, 3.05) is 30.5 Å². The molecular weight excluding hydrogens is 456 g/mol. The van der Waals surface area contributed by atoms with Crippen LogP contribution in [0.3, 0.4) is 0 Å². The Bertz CT molecular complexity index is 1450. The van der Waals surface area contributed by atoms with E-state index in [1.54, 1.807) is 30.9 Å². The van der Waals surface area contributed by atoms with Crippen LogP contribution in [-0.4, -0.2) is 48.5 Å². The molecule has 0 aliphatic carbocycles. The molecule has 34 heavy (non-hydrogen) atoms. The summed E-state index contributed by atoms with van der Waals surface area (Å²) in [6.45, 7) is 4.22. The molecule has 0 aliphatic heterocycles. The van der Waals surface area contributed by atoms with E-state index in [1.807, 2.05) is 44.2 Å². The number of methoxy groups -OCH3 is 2. The van der Waals surface area contributed by atoms with E-state index in [2.05, 4.69) is 25.1 Å². The quantitative estimate of drug-likeness (QED) is 0.392. The summed E-state index contributed by atoms with van der Waals surface area (Å²) in [6.07, 6.45) is 1.12. The van der Waals surface area contributed by atoms with Crippen LogP contribution in [0.2, 0.25) is 0 Å². The second-order valence-corrected chi connectivity index (χ2v) is 9.53. The molecule has 2 heterocycles. The van der Waals surface area contributed by atoms with Crippen LogP contribution in [0.5, 0.6) is 11.5 Å². The van der Waals surface area contributed by atoms with Gasteiger partial charge in [-0.15, -0.1) is 0 Å². The van der Waals surface area contributed by atoms with Gasteiger partial charge in [-0.25, -0.2) is 13.4 Å². The minimum Gasteiger partial charge on any atom is -0.493 e. The maximum atomic E-state index is 11.4. The van der Waals surface area contributed by atoms with Crippen LogP contribution >= 0.6 is 0 Å². The van der Waals surface area contributed by atoms with Crippen molar-refractivity contribution in [1.29, 1.82) is 0 Å². The molecule has 178 valence electrons. The van der Waals surface area contributed by atoms with Crippen molar-refractivity contribution in [1.82, 2.24) is 19.6 Å². The van der Waals surface area contributed by atoms with E-state index >= 15 is 0 Å². The molecule has 4 aromatic rings. The van der Waals surface area contributed by atoms with Crippen molar-refractivity contribution < 1.29 is 17.9 Å². The Morgan fingerprint density at radius 1 is 0.971 bits per heavy atom. The lowest BCUT2D eigenvalue weighted by Gasteiger charge is -2.11. The first-order valence-corrected chi connectivity index (χ1v) is 12.3. The number of hydrogen-bond acceptors (Lipinski definition) is 8. The molecule has 10 nitrogen and oxygen atoms in total. The average molecular weight is 483 g/mol. The van der Waals surface area contributed by atoms with Crippen molar-refractivity contribution >= 4 is 27.3 Å². The van der Waals surface area contributed by atoms with Crippen molar-refractivity contribution in [3.63, 3.8) is 0 Å². The first-order valence-electron chi connectivity index (χ1n) is 10.5. The minimum atomic E-state index is -3.32. The van der Waals surface area contributed by atoms with Crippen LogP contribution < -0.4 is 19.5 Å². The summed E-state index contributed by atoms with van der Waals surface area (Å²) < 4.78 is 37.7. The molecule has 0 atom stereocenters. The highest BCUT2D eigenvalue weighted by Gasteiger charge is 2.18. The molecule has 2 aromatic heterocycles. The van der Waals surface area contributed by atoms with E-state index in [-0.39, 0.29) is 0 Å². The molecule has 0 spiro atoms. The highest BCUT2D eigenvalue weighted by molar-refractivity contribution is 7.92. The third-order valence-electron chi connectivity index (χ3n) is 5.15. The molecule has 0 aliphatic rings. The summed E-state index contributed by atoms with van der Waals surface area (Å²) in [5, 5.41) is 7.99. The number of rotatable bonds is 8. The van der Waals surface area contributed by atoms with Gasteiger partial charge in [-0.3, -0.25) is 4.72 Å². The Kier molecular flexibility index (Phi) is 6.29. The smallest absolute Gasteiger partial charge is 0.229 e. The maximum absolute atomic E-state index is 11.4. The van der Waals surface area contributed by atoms with E-state index < -0.39 is 10.0 Å². The van der Waals surface area contributed by atoms with Crippen LogP contribution in [0.4, 0.5) is 11.6 Å². The summed E-state index contributed by atoms with van der Waals surface area (Å²) in [4.78, 5) is 9.18. The van der Waals surface area contributed by atoms with Gasteiger partial charge in [0.05, 0.1) is 26.2 Å². The molecule has 4 rings (SSSR count). The summed E-state index contributed by atoms with van der Waals surface area (Å²) in [5.41, 5.74) is 4.72. The summed E-state index contributed by atoms with van der Waals surface area (Å²) >= 11 is 0. The first-order chi connectivity index (χ1) is 16.2. The fourth-order valence-corrected chi connectivity index (χ4v) is 4.24. The Morgan fingerprint density at radius 3 is 2.32 bits per heavy atom. The zero-order valence-electron chi connectivity index (χ0n) is 19.6. The van der Waals surface area contributed by atoms with E-state index in [4.69, 9.17) is 9.47 Å². The second-order valence-electron chi connectivity index (χ2n) is 7.78. The summed E-state index contributed by atoms with van der Waals surface area (Å²) in [6, 6.07) is 12.8. The molecule has 0 bridgehead atoms. The fourth-order valence-electron chi connectivity index (χ4n) is 3.67. The van der Waals surface area contributed by atoms with Gasteiger partial charge in [-0.2, -0.15) is 14.6 Å². The van der Waals surface area contributed by atoms with E-state index in [9.17, 15) is 8.42 Å². The van der Waals surface area contributed by atoms with Gasteiger partial charge in [0.2, 0.25) is 16.0 Å². The van der Waals surface area contributed by atoms with Crippen LogP contribution in [0.1, 0.15) is 17.1 Å². The van der Waals surface area contributed by atoms with E-state index in [0.29, 0.717) is 41.2 Å². The van der Waals surface area contributed by atoms with Crippen molar-refractivity contribution in [3.05, 3.63) is 59.5 Å². The van der Waals surface area contributed by atoms with Gasteiger partial charge >= 0.3 is 0 Å². The van der Waals surface area contributed by atoms with E-state index in [0.717, 1.165) is 28.6 Å². The largest absolute Gasteiger partial charge is 0.493 e. The van der Waals surface area contributed by atoms with Crippen molar-refractivity contribution in [2.24, 2.45) is 0 Å². The zero-order valence-corrected chi connectivity index (χ0v) is 20.4. The normalized spacial score (nSPS) is 11.4. The number of ether oxygens (including phenoxy) is 2. The third-order valence-corrected chi connectivity index (χ3v) is 5.76. The number of fused-ring (bicyclic) bond motifs is 1. The SMILES string of the molecule is COc1ccc(-c2c(C)nn3c(NCc4ccc(NS(C)(=O)=O)cc4)nc(C)nc23)cc1OC. The number of anilines is 2. The molecular formula is C23H26N6O4S. The van der Waals surface area contributed by atoms with Gasteiger partial charge in [0.25, 0.3) is 0 Å². The zero-order chi connectivity index (χ0) is 24.5. The third kappa shape index (κ3) is 4.88. The lowest BCUT2D eigenvalue weighted by Crippen LogP contribution is -2.11. The molecule has 11 heteroatoms. The van der Waals surface area contributed by atoms with Crippen LogP contribution in [0.15, 0.2) is 42.5 Å². The Morgan fingerprint density at radius 2 is 1.68 bits per heavy atom. The van der Waals surface area contributed by atoms with Gasteiger partial charge in [0.15, 0.2) is 17.1 Å². The van der Waals surface area contributed by atoms with E-state index in [1.165, 1.54) is 0 Å². The molecule has 2 N–H and O–H groups in total. The number of aromatic nitrogens is 4. The van der Waals surface area contributed by atoms with Crippen LogP contribution in [-0.2, 0) is 16.6 Å². The number of benzene rings is 2. The highest BCUT2D eigenvalue weighted by atomic mass is 32.2. The standard InChI is InChI=1S/C23H26N6O4S/c1-14-21(17-8-11-19(32-3)20(12-17)33-4)22-25-15(2)26-23(29(22)27-14)24-13-16-6-9-18(10-7-16)28-34(5,30)31/h6-12,28H,13H2,1-5H3,(H,24,25,26). The maximum Gasteiger partial charge on any atom is 0.229 e. The Labute approximate surface area is 198 Å². The molecule has 0 amide bonds. The number of sulfonamides is 1. The lowest BCUT2D eigenvalue weighted by atomic mass is 10.1. The second kappa shape index (κ2) is 9.18. The molecule has 0 saturated carbocycles. The van der Waals surface area contributed by atoms with Crippen LogP contribution in [0, 0.1) is 13.8 Å². The molecule has 0 radical (unpaired) electrons. The number of hydrogen-bond donors (Lipinski definition) is 2. The van der Waals surface area contributed by atoms with Crippen molar-refractivity contribution in [3.8, 4) is 22.6 Å². The molecule has 0 unspecified atom stereocenters. The number of nitrogens with one attached hydrogen (secondary N) is 2. The van der Waals surface area contributed by atoms with Gasteiger partial charge in [-0.1, -0.05) is 18.2 Å². The molecule has 2 aromatic carbocycles. The topological polar surface area (TPSA) is 120 Å². The predicted molar refractivity (Wildman–Crippen MR) is 131 cm³/mol. The fraction of sp³-hybridized carbons (Fsp3) is 0.261. The minimum absolute atomic E-state index is 0.468. The summed E-state index contributed by atoms with van der Waals surface area (Å²) in [7, 11) is -0.117. The monoisotopic (exact) mass is 482 g/mol. The lowest BCUT2D eigenvalue weighted by molar-refractivity contribution is 0.355. The van der Waals surface area contributed by atoms with Crippen molar-refractivity contribution in [2.45, 2.75) is 20.4 Å². The number of nitrogens with zero attached hydrogens (tertiary/aromatic N) is 4. The molecule has 0 fully saturated rings. The van der Waals surface area contributed by atoms with Gasteiger partial charge in [-0.05, 0) is 49.2 Å². The Balaban J connectivity index is 1.65. The summed E-state index contributed by atoms with van der Waals surface area (Å²) in [5.74, 6) is 2.42. The van der Waals surface area contributed by atoms with Gasteiger partial charge < -0.3 is 14.8 Å². The highest BCUT2D eigenvalue weighted by Crippen LogP contribution is 2.35. The van der Waals surface area contributed by atoms with Crippen LogP contribution in [0.25, 0.3) is 16.8 Å². The average Bonchev–Trinajstić information content (AvgIpc) is 3.12. The van der Waals surface area contributed by atoms with Gasteiger partial charge in [0, 0.05) is 17.8 Å². The first kappa shape index (κ1) is 23.3. The number of aryl methyl sites for hydroxylation is 2. The Hall–Kier alpha value is -3.86. The van der Waals surface area contributed by atoms with Gasteiger partial charge in [0.1, 0.15) is 5.82 Å². The molecule has 0 saturated heterocycles. The predicted octanol–water partition coefficient (Wildman–Crippen LogP) is 3.41.